The number of aryl methyl sites for hydroxylation is 1. The Morgan fingerprint density at radius 2 is 2.25 bits per heavy atom. The van der Waals surface area contributed by atoms with E-state index in [2.05, 4.69) is 30.1 Å². The summed E-state index contributed by atoms with van der Waals surface area (Å²) in [5.41, 5.74) is 4.47. The summed E-state index contributed by atoms with van der Waals surface area (Å²) >= 11 is 0. The van der Waals surface area contributed by atoms with Crippen LogP contribution in [0.3, 0.4) is 0 Å². The Morgan fingerprint density at radius 3 is 3.06 bits per heavy atom. The number of hydrogen-bond acceptors (Lipinski definition) is 2. The Kier molecular flexibility index (Phi) is 3.97. The predicted molar refractivity (Wildman–Crippen MR) is 66.5 cm³/mol. The maximum atomic E-state index is 8.92. The highest BCUT2D eigenvalue weighted by Crippen LogP contribution is 2.22. The lowest BCUT2D eigenvalue weighted by Crippen LogP contribution is -2.17. The molecule has 0 aliphatic carbocycles. The lowest BCUT2D eigenvalue weighted by atomic mass is 9.95. The molecule has 88 valence electrons. The predicted octanol–water partition coefficient (Wildman–Crippen LogP) is 1.99. The van der Waals surface area contributed by atoms with Crippen LogP contribution in [0.15, 0.2) is 18.2 Å². The standard InChI is InChI=1S/C14H21NO/c1-15-9-3-8-14-12(7-4-10-16)5-2-6-13(14)11-15/h2,5-6,16H,3-4,7-11H2,1H3. The summed E-state index contributed by atoms with van der Waals surface area (Å²) in [5.74, 6) is 0. The fraction of sp³-hybridized carbons (Fsp3) is 0.571. The van der Waals surface area contributed by atoms with Gasteiger partial charge < -0.3 is 10.0 Å². The van der Waals surface area contributed by atoms with Crippen molar-refractivity contribution in [1.29, 1.82) is 0 Å². The first kappa shape index (κ1) is 11.6. The van der Waals surface area contributed by atoms with Gasteiger partial charge in [0.15, 0.2) is 0 Å². The summed E-state index contributed by atoms with van der Waals surface area (Å²) in [6.45, 7) is 2.56. The van der Waals surface area contributed by atoms with Gasteiger partial charge >= 0.3 is 0 Å². The van der Waals surface area contributed by atoms with E-state index in [1.807, 2.05) is 0 Å². The third kappa shape index (κ3) is 2.63. The first-order valence-corrected chi connectivity index (χ1v) is 6.20. The van der Waals surface area contributed by atoms with E-state index < -0.39 is 0 Å². The second kappa shape index (κ2) is 5.46. The summed E-state index contributed by atoms with van der Waals surface area (Å²) in [4.78, 5) is 2.39. The highest BCUT2D eigenvalue weighted by molar-refractivity contribution is 5.36. The molecule has 0 amide bonds. The van der Waals surface area contributed by atoms with Crippen LogP contribution in [-0.2, 0) is 19.4 Å². The summed E-state index contributed by atoms with van der Waals surface area (Å²) in [7, 11) is 2.19. The van der Waals surface area contributed by atoms with Crippen molar-refractivity contribution >= 4 is 0 Å². The zero-order valence-electron chi connectivity index (χ0n) is 10.1. The van der Waals surface area contributed by atoms with E-state index in [0.29, 0.717) is 6.61 Å². The molecule has 2 rings (SSSR count). The van der Waals surface area contributed by atoms with Crippen LogP contribution in [0.25, 0.3) is 0 Å². The minimum atomic E-state index is 0.295. The first-order chi connectivity index (χ1) is 7.81. The van der Waals surface area contributed by atoms with E-state index in [9.17, 15) is 0 Å². The molecule has 0 unspecified atom stereocenters. The van der Waals surface area contributed by atoms with Gasteiger partial charge in [0.05, 0.1) is 0 Å². The van der Waals surface area contributed by atoms with Crippen molar-refractivity contribution in [3.8, 4) is 0 Å². The van der Waals surface area contributed by atoms with Crippen LogP contribution in [-0.4, -0.2) is 30.2 Å². The Morgan fingerprint density at radius 1 is 1.38 bits per heavy atom. The van der Waals surface area contributed by atoms with Crippen LogP contribution < -0.4 is 0 Å². The van der Waals surface area contributed by atoms with Crippen LogP contribution in [0.2, 0.25) is 0 Å². The van der Waals surface area contributed by atoms with E-state index in [1.165, 1.54) is 30.5 Å². The van der Waals surface area contributed by atoms with E-state index in [-0.39, 0.29) is 0 Å². The summed E-state index contributed by atoms with van der Waals surface area (Å²) in [6, 6.07) is 6.63. The van der Waals surface area contributed by atoms with Crippen LogP contribution in [0, 0.1) is 0 Å². The van der Waals surface area contributed by atoms with Crippen molar-refractivity contribution in [2.75, 3.05) is 20.2 Å². The van der Waals surface area contributed by atoms with Gasteiger partial charge in [-0.2, -0.15) is 0 Å². The number of aliphatic hydroxyl groups excluding tert-OH is 1. The molecule has 1 aliphatic heterocycles. The van der Waals surface area contributed by atoms with Gasteiger partial charge in [-0.05, 0) is 56.0 Å². The average molecular weight is 219 g/mol. The van der Waals surface area contributed by atoms with Gasteiger partial charge in [0.1, 0.15) is 0 Å². The lowest BCUT2D eigenvalue weighted by Gasteiger charge is -2.14. The Labute approximate surface area is 97.9 Å². The van der Waals surface area contributed by atoms with E-state index >= 15 is 0 Å². The molecule has 0 spiro atoms. The molecular formula is C14H21NO. The second-order valence-corrected chi connectivity index (χ2v) is 4.72. The zero-order chi connectivity index (χ0) is 11.4. The number of rotatable bonds is 3. The molecule has 1 heterocycles. The molecule has 1 N–H and O–H groups in total. The summed E-state index contributed by atoms with van der Waals surface area (Å²) in [5, 5.41) is 8.92. The molecule has 0 aromatic heterocycles. The minimum Gasteiger partial charge on any atom is -0.396 e. The Balaban J connectivity index is 2.24. The highest BCUT2D eigenvalue weighted by Gasteiger charge is 2.13. The summed E-state index contributed by atoms with van der Waals surface area (Å²) in [6.07, 6.45) is 4.34. The van der Waals surface area contributed by atoms with Gasteiger partial charge in [-0.3, -0.25) is 0 Å². The van der Waals surface area contributed by atoms with Gasteiger partial charge in [0.2, 0.25) is 0 Å². The second-order valence-electron chi connectivity index (χ2n) is 4.72. The normalized spacial score (nSPS) is 16.9. The number of benzene rings is 1. The van der Waals surface area contributed by atoms with Crippen LogP contribution in [0.4, 0.5) is 0 Å². The van der Waals surface area contributed by atoms with Gasteiger partial charge in [0, 0.05) is 13.2 Å². The first-order valence-electron chi connectivity index (χ1n) is 6.20. The Bertz CT molecular complexity index is 349. The number of fused-ring (bicyclic) bond motifs is 1. The largest absolute Gasteiger partial charge is 0.396 e. The smallest absolute Gasteiger partial charge is 0.0434 e. The lowest BCUT2D eigenvalue weighted by molar-refractivity contribution is 0.288. The monoisotopic (exact) mass is 219 g/mol. The van der Waals surface area contributed by atoms with E-state index in [0.717, 1.165) is 19.4 Å². The molecule has 0 fully saturated rings. The van der Waals surface area contributed by atoms with Crippen molar-refractivity contribution < 1.29 is 5.11 Å². The third-order valence-electron chi connectivity index (χ3n) is 3.38. The molecule has 0 radical (unpaired) electrons. The van der Waals surface area contributed by atoms with Crippen LogP contribution >= 0.6 is 0 Å². The maximum absolute atomic E-state index is 8.92. The number of nitrogens with zero attached hydrogens (tertiary/aromatic N) is 1. The van der Waals surface area contributed by atoms with Crippen molar-refractivity contribution in [3.05, 3.63) is 34.9 Å². The van der Waals surface area contributed by atoms with Crippen LogP contribution in [0.1, 0.15) is 29.5 Å². The fourth-order valence-electron chi connectivity index (χ4n) is 2.56. The van der Waals surface area contributed by atoms with E-state index in [1.54, 1.807) is 5.56 Å². The van der Waals surface area contributed by atoms with Gasteiger partial charge in [-0.25, -0.2) is 0 Å². The van der Waals surface area contributed by atoms with Gasteiger partial charge in [-0.15, -0.1) is 0 Å². The molecule has 1 aromatic rings. The van der Waals surface area contributed by atoms with Crippen molar-refractivity contribution in [3.63, 3.8) is 0 Å². The molecule has 0 saturated heterocycles. The molecule has 2 heteroatoms. The number of aliphatic hydroxyl groups is 1. The Hall–Kier alpha value is -0.860. The topological polar surface area (TPSA) is 23.5 Å². The molecule has 1 aliphatic rings. The quantitative estimate of drug-likeness (QED) is 0.840. The van der Waals surface area contributed by atoms with Crippen molar-refractivity contribution in [1.82, 2.24) is 4.90 Å². The third-order valence-corrected chi connectivity index (χ3v) is 3.38. The van der Waals surface area contributed by atoms with Crippen molar-refractivity contribution in [2.24, 2.45) is 0 Å². The summed E-state index contributed by atoms with van der Waals surface area (Å²) < 4.78 is 0. The van der Waals surface area contributed by atoms with E-state index in [4.69, 9.17) is 5.11 Å². The molecule has 0 bridgehead atoms. The SMILES string of the molecule is CN1CCCc2c(CCCO)cccc2C1. The molecule has 2 nitrogen and oxygen atoms in total. The average Bonchev–Trinajstić information content (AvgIpc) is 2.47. The molecule has 1 aromatic carbocycles. The molecule has 16 heavy (non-hydrogen) atoms. The maximum Gasteiger partial charge on any atom is 0.0434 e. The fourth-order valence-corrected chi connectivity index (χ4v) is 2.56. The van der Waals surface area contributed by atoms with Gasteiger partial charge in [-0.1, -0.05) is 18.2 Å². The molecule has 0 atom stereocenters. The van der Waals surface area contributed by atoms with Crippen molar-refractivity contribution in [2.45, 2.75) is 32.2 Å². The number of hydrogen-bond donors (Lipinski definition) is 1. The van der Waals surface area contributed by atoms with Gasteiger partial charge in [0.25, 0.3) is 0 Å². The highest BCUT2D eigenvalue weighted by atomic mass is 16.2. The minimum absolute atomic E-state index is 0.295. The molecular weight excluding hydrogens is 198 g/mol. The zero-order valence-corrected chi connectivity index (χ0v) is 10.1. The molecule has 0 saturated carbocycles. The van der Waals surface area contributed by atoms with Crippen LogP contribution in [0.5, 0.6) is 0 Å².